The molecule has 2 rings (SSSR count). The molecular weight excluding hydrogens is 324 g/mol. The number of hydrogen-bond acceptors (Lipinski definition) is 5. The minimum absolute atomic E-state index is 0. The van der Waals surface area contributed by atoms with Gasteiger partial charge in [0.2, 0.25) is 5.91 Å². The van der Waals surface area contributed by atoms with Gasteiger partial charge in [0.1, 0.15) is 0 Å². The quantitative estimate of drug-likeness (QED) is 0.823. The number of hydrogen-bond donors (Lipinski definition) is 2. The molecule has 0 spiro atoms. The van der Waals surface area contributed by atoms with Crippen LogP contribution in [0.2, 0.25) is 0 Å². The minimum Gasteiger partial charge on any atom is -0.493 e. The SMILES string of the molecule is COc1ccc(CNC(=O)CC2CSCCN2)cc1OC.Cl. The van der Waals surface area contributed by atoms with Gasteiger partial charge in [0.05, 0.1) is 14.2 Å². The van der Waals surface area contributed by atoms with Gasteiger partial charge in [-0.15, -0.1) is 12.4 Å². The number of amides is 1. The summed E-state index contributed by atoms with van der Waals surface area (Å²) in [6.07, 6.45) is 0.528. The summed E-state index contributed by atoms with van der Waals surface area (Å²) in [5.74, 6) is 3.57. The van der Waals surface area contributed by atoms with Crippen molar-refractivity contribution in [2.24, 2.45) is 0 Å². The molecule has 1 fully saturated rings. The largest absolute Gasteiger partial charge is 0.493 e. The highest BCUT2D eigenvalue weighted by Gasteiger charge is 2.16. The summed E-state index contributed by atoms with van der Waals surface area (Å²) in [6.45, 7) is 1.48. The minimum atomic E-state index is 0. The zero-order chi connectivity index (χ0) is 15.1. The van der Waals surface area contributed by atoms with Gasteiger partial charge in [0.15, 0.2) is 11.5 Å². The summed E-state index contributed by atoms with van der Waals surface area (Å²) in [5.41, 5.74) is 0.993. The van der Waals surface area contributed by atoms with E-state index in [1.54, 1.807) is 14.2 Å². The Morgan fingerprint density at radius 2 is 2.14 bits per heavy atom. The van der Waals surface area contributed by atoms with E-state index in [9.17, 15) is 4.79 Å². The van der Waals surface area contributed by atoms with Crippen molar-refractivity contribution in [2.75, 3.05) is 32.3 Å². The molecule has 1 aromatic rings. The number of carbonyl (C=O) groups excluding carboxylic acids is 1. The van der Waals surface area contributed by atoms with E-state index in [2.05, 4.69) is 10.6 Å². The van der Waals surface area contributed by atoms with Crippen molar-refractivity contribution in [3.63, 3.8) is 0 Å². The standard InChI is InChI=1S/C15H22N2O3S.ClH/c1-19-13-4-3-11(7-14(13)20-2)9-17-15(18)8-12-10-21-6-5-16-12;/h3-4,7,12,16H,5-6,8-10H2,1-2H3,(H,17,18);1H. The van der Waals surface area contributed by atoms with Crippen LogP contribution in [0, 0.1) is 0 Å². The number of halogens is 1. The van der Waals surface area contributed by atoms with Gasteiger partial charge in [-0.3, -0.25) is 4.79 Å². The molecular formula is C15H23ClN2O3S. The Balaban J connectivity index is 0.00000242. The molecule has 1 heterocycles. The first kappa shape index (κ1) is 18.9. The van der Waals surface area contributed by atoms with Crippen molar-refractivity contribution >= 4 is 30.1 Å². The number of ether oxygens (including phenoxy) is 2. The third kappa shape index (κ3) is 5.59. The molecule has 0 aliphatic carbocycles. The molecule has 1 unspecified atom stereocenters. The van der Waals surface area contributed by atoms with Crippen LogP contribution >= 0.6 is 24.2 Å². The zero-order valence-electron chi connectivity index (χ0n) is 12.9. The predicted octanol–water partition coefficient (Wildman–Crippen LogP) is 1.84. The molecule has 1 saturated heterocycles. The molecule has 1 atom stereocenters. The molecule has 1 amide bonds. The number of carbonyl (C=O) groups is 1. The molecule has 1 aliphatic rings. The first-order valence-corrected chi connectivity index (χ1v) is 8.17. The van der Waals surface area contributed by atoms with Gasteiger partial charge in [-0.05, 0) is 17.7 Å². The van der Waals surface area contributed by atoms with E-state index in [0.717, 1.165) is 23.6 Å². The van der Waals surface area contributed by atoms with E-state index in [1.165, 1.54) is 0 Å². The highest BCUT2D eigenvalue weighted by atomic mass is 35.5. The molecule has 5 nitrogen and oxygen atoms in total. The number of nitrogens with one attached hydrogen (secondary N) is 2. The number of thioether (sulfide) groups is 1. The van der Waals surface area contributed by atoms with Gasteiger partial charge in [0, 0.05) is 37.1 Å². The molecule has 124 valence electrons. The summed E-state index contributed by atoms with van der Waals surface area (Å²) in [4.78, 5) is 11.9. The van der Waals surface area contributed by atoms with Gasteiger partial charge in [-0.2, -0.15) is 11.8 Å². The summed E-state index contributed by atoms with van der Waals surface area (Å²) in [5, 5.41) is 6.31. The smallest absolute Gasteiger partial charge is 0.221 e. The van der Waals surface area contributed by atoms with Crippen LogP contribution in [0.1, 0.15) is 12.0 Å². The second-order valence-electron chi connectivity index (χ2n) is 4.90. The molecule has 7 heteroatoms. The fourth-order valence-electron chi connectivity index (χ4n) is 2.24. The van der Waals surface area contributed by atoms with Crippen LogP contribution in [-0.4, -0.2) is 44.2 Å². The van der Waals surface area contributed by atoms with Crippen LogP contribution in [0.5, 0.6) is 11.5 Å². The second-order valence-corrected chi connectivity index (χ2v) is 6.05. The van der Waals surface area contributed by atoms with Crippen LogP contribution in [0.25, 0.3) is 0 Å². The van der Waals surface area contributed by atoms with Crippen molar-refractivity contribution in [1.82, 2.24) is 10.6 Å². The van der Waals surface area contributed by atoms with E-state index in [4.69, 9.17) is 9.47 Å². The van der Waals surface area contributed by atoms with Crippen LogP contribution in [0.4, 0.5) is 0 Å². The molecule has 1 aromatic carbocycles. The van der Waals surface area contributed by atoms with Crippen LogP contribution < -0.4 is 20.1 Å². The van der Waals surface area contributed by atoms with E-state index in [1.807, 2.05) is 30.0 Å². The molecule has 2 N–H and O–H groups in total. The first-order valence-electron chi connectivity index (χ1n) is 7.01. The number of rotatable bonds is 6. The third-order valence-electron chi connectivity index (χ3n) is 3.37. The summed E-state index contributed by atoms with van der Waals surface area (Å²) in [6, 6.07) is 5.94. The average molecular weight is 347 g/mol. The Kier molecular flexibility index (Phi) is 8.45. The average Bonchev–Trinajstić information content (AvgIpc) is 2.53. The van der Waals surface area contributed by atoms with Gasteiger partial charge in [0.25, 0.3) is 0 Å². The van der Waals surface area contributed by atoms with Crippen LogP contribution in [0.3, 0.4) is 0 Å². The number of methoxy groups -OCH3 is 2. The molecule has 0 aromatic heterocycles. The normalized spacial score (nSPS) is 17.3. The third-order valence-corrected chi connectivity index (χ3v) is 4.50. The Morgan fingerprint density at radius 3 is 2.77 bits per heavy atom. The fourth-order valence-corrected chi connectivity index (χ4v) is 3.19. The Labute approximate surface area is 141 Å². The van der Waals surface area contributed by atoms with E-state index < -0.39 is 0 Å². The first-order chi connectivity index (χ1) is 10.2. The van der Waals surface area contributed by atoms with Crippen LogP contribution in [0.15, 0.2) is 18.2 Å². The maximum atomic E-state index is 11.9. The van der Waals surface area contributed by atoms with E-state index in [-0.39, 0.29) is 24.4 Å². The molecule has 0 bridgehead atoms. The highest BCUT2D eigenvalue weighted by Crippen LogP contribution is 2.27. The highest BCUT2D eigenvalue weighted by molar-refractivity contribution is 7.99. The Bertz CT molecular complexity index is 482. The second kappa shape index (κ2) is 9.82. The lowest BCUT2D eigenvalue weighted by atomic mass is 10.2. The van der Waals surface area contributed by atoms with E-state index in [0.29, 0.717) is 24.5 Å². The van der Waals surface area contributed by atoms with Crippen molar-refractivity contribution in [3.05, 3.63) is 23.8 Å². The van der Waals surface area contributed by atoms with Gasteiger partial charge in [-0.25, -0.2) is 0 Å². The monoisotopic (exact) mass is 346 g/mol. The lowest BCUT2D eigenvalue weighted by Crippen LogP contribution is -2.41. The van der Waals surface area contributed by atoms with Gasteiger partial charge >= 0.3 is 0 Å². The van der Waals surface area contributed by atoms with Crippen molar-refractivity contribution < 1.29 is 14.3 Å². The Hall–Kier alpha value is -1.11. The summed E-state index contributed by atoms with van der Waals surface area (Å²) < 4.78 is 10.4. The van der Waals surface area contributed by atoms with Gasteiger partial charge < -0.3 is 20.1 Å². The van der Waals surface area contributed by atoms with Crippen molar-refractivity contribution in [2.45, 2.75) is 19.0 Å². The van der Waals surface area contributed by atoms with Crippen molar-refractivity contribution in [3.8, 4) is 11.5 Å². The van der Waals surface area contributed by atoms with Gasteiger partial charge in [-0.1, -0.05) is 6.07 Å². The topological polar surface area (TPSA) is 59.6 Å². The van der Waals surface area contributed by atoms with Crippen molar-refractivity contribution in [1.29, 1.82) is 0 Å². The molecule has 22 heavy (non-hydrogen) atoms. The summed E-state index contributed by atoms with van der Waals surface area (Å²) in [7, 11) is 3.21. The molecule has 0 saturated carbocycles. The zero-order valence-corrected chi connectivity index (χ0v) is 14.5. The lowest BCUT2D eigenvalue weighted by molar-refractivity contribution is -0.121. The Morgan fingerprint density at radius 1 is 1.36 bits per heavy atom. The molecule has 0 radical (unpaired) electrons. The van der Waals surface area contributed by atoms with E-state index >= 15 is 0 Å². The predicted molar refractivity (Wildman–Crippen MR) is 92.4 cm³/mol. The maximum absolute atomic E-state index is 11.9. The maximum Gasteiger partial charge on any atom is 0.221 e. The lowest BCUT2D eigenvalue weighted by Gasteiger charge is -2.22. The number of benzene rings is 1. The molecule has 1 aliphatic heterocycles. The van der Waals surface area contributed by atoms with Crippen LogP contribution in [-0.2, 0) is 11.3 Å². The fraction of sp³-hybridized carbons (Fsp3) is 0.533. The summed E-state index contributed by atoms with van der Waals surface area (Å²) >= 11 is 1.90.